The summed E-state index contributed by atoms with van der Waals surface area (Å²) >= 11 is 5.23. The first kappa shape index (κ1) is 17.1. The summed E-state index contributed by atoms with van der Waals surface area (Å²) in [6.45, 7) is 4.75. The molecule has 0 aliphatic rings. The Morgan fingerprint density at radius 1 is 1.08 bits per heavy atom. The first-order valence-electron chi connectivity index (χ1n) is 7.94. The van der Waals surface area contributed by atoms with Gasteiger partial charge in [-0.2, -0.15) is 5.10 Å². The van der Waals surface area contributed by atoms with Crippen LogP contribution in [-0.2, 0) is 6.54 Å². The summed E-state index contributed by atoms with van der Waals surface area (Å²) in [6, 6.07) is 16.4. The number of aromatic nitrogens is 2. The summed E-state index contributed by atoms with van der Waals surface area (Å²) in [5.74, 6) is -0.341. The molecule has 3 aromatic rings. The van der Waals surface area contributed by atoms with Gasteiger partial charge in [-0.25, -0.2) is 4.39 Å². The smallest absolute Gasteiger partial charge is 0.175 e. The molecule has 1 heterocycles. The molecule has 0 aliphatic carbocycles. The van der Waals surface area contributed by atoms with Crippen LogP contribution in [0.5, 0.6) is 0 Å². The third-order valence-corrected chi connectivity index (χ3v) is 3.97. The Balaban J connectivity index is 1.61. The van der Waals surface area contributed by atoms with Crippen molar-refractivity contribution < 1.29 is 4.39 Å². The van der Waals surface area contributed by atoms with E-state index in [0.717, 1.165) is 29.2 Å². The fourth-order valence-electron chi connectivity index (χ4n) is 2.55. The molecule has 0 spiro atoms. The van der Waals surface area contributed by atoms with Gasteiger partial charge >= 0.3 is 0 Å². The van der Waals surface area contributed by atoms with Crippen LogP contribution in [0.15, 0.2) is 54.6 Å². The van der Waals surface area contributed by atoms with E-state index in [1.807, 2.05) is 42.8 Å². The van der Waals surface area contributed by atoms with Gasteiger partial charge in [0.2, 0.25) is 0 Å². The molecule has 0 fully saturated rings. The van der Waals surface area contributed by atoms with Crippen LogP contribution in [0.2, 0.25) is 0 Å². The van der Waals surface area contributed by atoms with Crippen molar-refractivity contribution >= 4 is 28.7 Å². The number of benzene rings is 2. The highest BCUT2D eigenvalue weighted by Crippen LogP contribution is 2.15. The highest BCUT2D eigenvalue weighted by atomic mass is 32.1. The highest BCUT2D eigenvalue weighted by molar-refractivity contribution is 7.80. The van der Waals surface area contributed by atoms with E-state index in [-0.39, 0.29) is 5.82 Å². The van der Waals surface area contributed by atoms with Crippen molar-refractivity contribution in [2.24, 2.45) is 0 Å². The van der Waals surface area contributed by atoms with Crippen LogP contribution in [-0.4, -0.2) is 14.9 Å². The lowest BCUT2D eigenvalue weighted by molar-refractivity contribution is 0.632. The monoisotopic (exact) mass is 354 g/mol. The number of rotatable bonds is 4. The minimum absolute atomic E-state index is 0.341. The second kappa shape index (κ2) is 7.44. The average Bonchev–Trinajstić information content (AvgIpc) is 2.89. The lowest BCUT2D eigenvalue weighted by Gasteiger charge is -2.12. The number of para-hydroxylation sites is 1. The van der Waals surface area contributed by atoms with Gasteiger partial charge in [-0.05, 0) is 62.0 Å². The molecule has 1 aromatic heterocycles. The predicted octanol–water partition coefficient (Wildman–Crippen LogP) is 4.50. The van der Waals surface area contributed by atoms with Gasteiger partial charge in [-0.3, -0.25) is 4.68 Å². The summed E-state index contributed by atoms with van der Waals surface area (Å²) in [5.41, 5.74) is 4.48. The van der Waals surface area contributed by atoms with Gasteiger partial charge in [0, 0.05) is 11.4 Å². The molecular formula is C19H19FN4S. The van der Waals surface area contributed by atoms with Crippen molar-refractivity contribution in [2.45, 2.75) is 20.4 Å². The second-order valence-corrected chi connectivity index (χ2v) is 6.25. The van der Waals surface area contributed by atoms with Crippen LogP contribution in [0.1, 0.15) is 17.0 Å². The molecule has 0 atom stereocenters. The molecule has 128 valence electrons. The number of aryl methyl sites for hydroxylation is 2. The molecule has 2 aromatic carbocycles. The Morgan fingerprint density at radius 3 is 2.44 bits per heavy atom. The number of hydrogen-bond acceptors (Lipinski definition) is 2. The van der Waals surface area contributed by atoms with Gasteiger partial charge in [-0.1, -0.05) is 24.3 Å². The molecule has 0 amide bonds. The van der Waals surface area contributed by atoms with Gasteiger partial charge in [0.1, 0.15) is 5.82 Å². The van der Waals surface area contributed by atoms with Crippen molar-refractivity contribution in [2.75, 3.05) is 10.6 Å². The van der Waals surface area contributed by atoms with Gasteiger partial charge in [-0.15, -0.1) is 0 Å². The molecule has 3 rings (SSSR count). The molecule has 0 bridgehead atoms. The minimum atomic E-state index is -0.341. The summed E-state index contributed by atoms with van der Waals surface area (Å²) in [5, 5.41) is 10.7. The van der Waals surface area contributed by atoms with Crippen molar-refractivity contribution in [3.8, 4) is 0 Å². The van der Waals surface area contributed by atoms with Crippen LogP contribution < -0.4 is 10.6 Å². The molecule has 0 unspecified atom stereocenters. The Kier molecular flexibility index (Phi) is 5.09. The van der Waals surface area contributed by atoms with Gasteiger partial charge in [0.25, 0.3) is 0 Å². The first-order chi connectivity index (χ1) is 12.0. The number of anilines is 2. The van der Waals surface area contributed by atoms with Crippen molar-refractivity contribution in [1.82, 2.24) is 9.78 Å². The van der Waals surface area contributed by atoms with E-state index in [2.05, 4.69) is 21.8 Å². The molecule has 2 N–H and O–H groups in total. The van der Waals surface area contributed by atoms with E-state index >= 15 is 0 Å². The number of nitrogens with one attached hydrogen (secondary N) is 2. The molecule has 25 heavy (non-hydrogen) atoms. The number of thiocarbonyl (C=S) groups is 1. The first-order valence-corrected chi connectivity index (χ1v) is 8.34. The maximum atomic E-state index is 13.6. The zero-order valence-electron chi connectivity index (χ0n) is 14.1. The normalized spacial score (nSPS) is 10.5. The van der Waals surface area contributed by atoms with Crippen LogP contribution in [0, 0.1) is 19.7 Å². The van der Waals surface area contributed by atoms with E-state index in [9.17, 15) is 4.39 Å². The Hall–Kier alpha value is -2.73. The molecule has 0 saturated heterocycles. The summed E-state index contributed by atoms with van der Waals surface area (Å²) in [7, 11) is 0. The van der Waals surface area contributed by atoms with Crippen molar-refractivity contribution in [1.29, 1.82) is 0 Å². The lowest BCUT2D eigenvalue weighted by Crippen LogP contribution is -2.19. The summed E-state index contributed by atoms with van der Waals surface area (Å²) in [4.78, 5) is 0. The highest BCUT2D eigenvalue weighted by Gasteiger charge is 2.05. The molecule has 0 aliphatic heterocycles. The van der Waals surface area contributed by atoms with Gasteiger partial charge in [0.05, 0.1) is 17.9 Å². The number of halogens is 1. The van der Waals surface area contributed by atoms with E-state index in [4.69, 9.17) is 12.2 Å². The second-order valence-electron chi connectivity index (χ2n) is 5.84. The third kappa shape index (κ3) is 4.42. The number of nitrogens with zero attached hydrogens (tertiary/aromatic N) is 2. The van der Waals surface area contributed by atoms with Crippen LogP contribution in [0.3, 0.4) is 0 Å². The number of hydrogen-bond donors (Lipinski definition) is 2. The SMILES string of the molecule is Cc1cc(C)n(Cc2ccc(NC(=S)Nc3ccccc3F)cc2)n1. The van der Waals surface area contributed by atoms with Gasteiger partial charge in [0.15, 0.2) is 5.11 Å². The maximum absolute atomic E-state index is 13.6. The summed E-state index contributed by atoms with van der Waals surface area (Å²) < 4.78 is 15.6. The largest absolute Gasteiger partial charge is 0.332 e. The molecule has 6 heteroatoms. The summed E-state index contributed by atoms with van der Waals surface area (Å²) in [6.07, 6.45) is 0. The Morgan fingerprint density at radius 2 is 1.80 bits per heavy atom. The van der Waals surface area contributed by atoms with E-state index < -0.39 is 0 Å². The standard InChI is InChI=1S/C19H19FN4S/c1-13-11-14(2)24(23-13)12-15-7-9-16(10-8-15)21-19(25)22-18-6-4-3-5-17(18)20/h3-11H,12H2,1-2H3,(H2,21,22,25). The van der Waals surface area contributed by atoms with E-state index in [1.54, 1.807) is 18.2 Å². The molecular weight excluding hydrogens is 335 g/mol. The lowest BCUT2D eigenvalue weighted by atomic mass is 10.2. The van der Waals surface area contributed by atoms with E-state index in [0.29, 0.717) is 10.8 Å². The predicted molar refractivity (Wildman–Crippen MR) is 103 cm³/mol. The molecule has 0 saturated carbocycles. The van der Waals surface area contributed by atoms with Gasteiger partial charge < -0.3 is 10.6 Å². The zero-order chi connectivity index (χ0) is 17.8. The molecule has 0 radical (unpaired) electrons. The fourth-order valence-corrected chi connectivity index (χ4v) is 2.78. The average molecular weight is 354 g/mol. The van der Waals surface area contributed by atoms with Crippen molar-refractivity contribution in [3.05, 3.63) is 77.4 Å². The van der Waals surface area contributed by atoms with Crippen molar-refractivity contribution in [3.63, 3.8) is 0 Å². The Labute approximate surface area is 151 Å². The Bertz CT molecular complexity index is 887. The zero-order valence-corrected chi connectivity index (χ0v) is 14.9. The van der Waals surface area contributed by atoms with Crippen LogP contribution in [0.25, 0.3) is 0 Å². The maximum Gasteiger partial charge on any atom is 0.175 e. The van der Waals surface area contributed by atoms with Crippen LogP contribution >= 0.6 is 12.2 Å². The minimum Gasteiger partial charge on any atom is -0.332 e. The topological polar surface area (TPSA) is 41.9 Å². The quantitative estimate of drug-likeness (QED) is 0.677. The van der Waals surface area contributed by atoms with Crippen LogP contribution in [0.4, 0.5) is 15.8 Å². The van der Waals surface area contributed by atoms with E-state index in [1.165, 1.54) is 6.07 Å². The third-order valence-electron chi connectivity index (χ3n) is 3.77. The molecule has 4 nitrogen and oxygen atoms in total. The fraction of sp³-hybridized carbons (Fsp3) is 0.158.